The molecule has 3 N–H and O–H groups in total. The van der Waals surface area contributed by atoms with E-state index in [9.17, 15) is 4.39 Å². The Hall–Kier alpha value is -1.06. The molecule has 4 heteroatoms. The van der Waals surface area contributed by atoms with Gasteiger partial charge < -0.3 is 10.7 Å². The van der Waals surface area contributed by atoms with Gasteiger partial charge >= 0.3 is 0 Å². The molecule has 2 nitrogen and oxygen atoms in total. The number of aromatic nitrogens is 1. The van der Waals surface area contributed by atoms with Crippen molar-refractivity contribution < 1.29 is 4.39 Å². The first kappa shape index (κ1) is 10.5. The molecule has 0 amide bonds. The van der Waals surface area contributed by atoms with Gasteiger partial charge in [-0.3, -0.25) is 0 Å². The highest BCUT2D eigenvalue weighted by molar-refractivity contribution is 6.35. The third kappa shape index (κ3) is 1.85. The Morgan fingerprint density at radius 3 is 2.93 bits per heavy atom. The van der Waals surface area contributed by atoms with Crippen molar-refractivity contribution in [3.05, 3.63) is 34.7 Å². The van der Waals surface area contributed by atoms with Gasteiger partial charge in [-0.05, 0) is 37.1 Å². The van der Waals surface area contributed by atoms with E-state index in [-0.39, 0.29) is 5.82 Å². The number of benzene rings is 1. The Morgan fingerprint density at radius 2 is 2.20 bits per heavy atom. The first-order chi connectivity index (χ1) is 7.24. The Balaban J connectivity index is 2.53. The Labute approximate surface area is 92.2 Å². The highest BCUT2D eigenvalue weighted by atomic mass is 35.5. The van der Waals surface area contributed by atoms with E-state index in [2.05, 4.69) is 4.98 Å². The van der Waals surface area contributed by atoms with Gasteiger partial charge in [0.1, 0.15) is 5.82 Å². The molecule has 0 saturated heterocycles. The molecule has 1 aromatic carbocycles. The minimum atomic E-state index is -0.234. The normalized spacial score (nSPS) is 11.1. The number of aromatic amines is 1. The van der Waals surface area contributed by atoms with E-state index in [4.69, 9.17) is 17.3 Å². The average molecular weight is 227 g/mol. The predicted molar refractivity (Wildman–Crippen MR) is 60.6 cm³/mol. The van der Waals surface area contributed by atoms with Gasteiger partial charge in [0.05, 0.1) is 10.5 Å². The fourth-order valence-corrected chi connectivity index (χ4v) is 1.94. The van der Waals surface area contributed by atoms with Crippen molar-refractivity contribution in [1.29, 1.82) is 0 Å². The zero-order valence-electron chi connectivity index (χ0n) is 8.19. The second-order valence-electron chi connectivity index (χ2n) is 3.49. The molecule has 0 spiro atoms. The molecule has 1 heterocycles. The molecule has 0 saturated carbocycles. The summed E-state index contributed by atoms with van der Waals surface area (Å²) < 4.78 is 13.6. The van der Waals surface area contributed by atoms with E-state index in [1.165, 1.54) is 6.07 Å². The smallest absolute Gasteiger partial charge is 0.132 e. The molecule has 0 atom stereocenters. The van der Waals surface area contributed by atoms with Crippen molar-refractivity contribution >= 4 is 22.5 Å². The lowest BCUT2D eigenvalue weighted by molar-refractivity contribution is 0.638. The molecule has 2 aromatic rings. The van der Waals surface area contributed by atoms with Crippen LogP contribution in [0.25, 0.3) is 10.9 Å². The largest absolute Gasteiger partial charge is 0.360 e. The maximum Gasteiger partial charge on any atom is 0.132 e. The van der Waals surface area contributed by atoms with E-state index in [0.29, 0.717) is 22.5 Å². The van der Waals surface area contributed by atoms with Crippen LogP contribution in [0, 0.1) is 5.82 Å². The van der Waals surface area contributed by atoms with Crippen molar-refractivity contribution in [2.75, 3.05) is 6.54 Å². The molecule has 0 aliphatic rings. The zero-order chi connectivity index (χ0) is 10.8. The lowest BCUT2D eigenvalue weighted by Crippen LogP contribution is -2.00. The number of H-pyrrole nitrogens is 1. The van der Waals surface area contributed by atoms with Crippen LogP contribution in [0.5, 0.6) is 0 Å². The summed E-state index contributed by atoms with van der Waals surface area (Å²) in [6, 6.07) is 2.95. The van der Waals surface area contributed by atoms with Crippen molar-refractivity contribution in [2.45, 2.75) is 12.8 Å². The summed E-state index contributed by atoms with van der Waals surface area (Å²) in [7, 11) is 0. The summed E-state index contributed by atoms with van der Waals surface area (Å²) in [6.07, 6.45) is 3.42. The molecule has 0 aliphatic heterocycles. The van der Waals surface area contributed by atoms with E-state index in [1.54, 1.807) is 12.3 Å². The number of hydrogen-bond acceptors (Lipinski definition) is 1. The number of nitrogens with two attached hydrogens (primary N) is 1. The van der Waals surface area contributed by atoms with Crippen molar-refractivity contribution in [3.8, 4) is 0 Å². The van der Waals surface area contributed by atoms with E-state index in [0.717, 1.165) is 18.4 Å². The quantitative estimate of drug-likeness (QED) is 0.830. The van der Waals surface area contributed by atoms with Crippen LogP contribution in [0.2, 0.25) is 5.02 Å². The monoisotopic (exact) mass is 226 g/mol. The molecular formula is C11H12ClFN2. The fraction of sp³-hybridized carbons (Fsp3) is 0.273. The van der Waals surface area contributed by atoms with Gasteiger partial charge in [-0.15, -0.1) is 0 Å². The number of fused-ring (bicyclic) bond motifs is 1. The fourth-order valence-electron chi connectivity index (χ4n) is 1.73. The van der Waals surface area contributed by atoms with Gasteiger partial charge in [0.2, 0.25) is 0 Å². The zero-order valence-corrected chi connectivity index (χ0v) is 8.94. The third-order valence-electron chi connectivity index (χ3n) is 2.47. The van der Waals surface area contributed by atoms with Gasteiger partial charge in [0.25, 0.3) is 0 Å². The number of rotatable bonds is 3. The third-order valence-corrected chi connectivity index (χ3v) is 2.78. The molecule has 0 radical (unpaired) electrons. The second-order valence-corrected chi connectivity index (χ2v) is 3.89. The standard InChI is InChI=1S/C11H12ClFN2/c12-8-3-4-9(13)10-7(2-1-5-14)6-15-11(8)10/h3-4,6,15H,1-2,5,14H2. The summed E-state index contributed by atoms with van der Waals surface area (Å²) in [5, 5.41) is 1.14. The van der Waals surface area contributed by atoms with Gasteiger partial charge in [-0.1, -0.05) is 11.6 Å². The highest BCUT2D eigenvalue weighted by Crippen LogP contribution is 2.28. The van der Waals surface area contributed by atoms with Crippen LogP contribution in [0.3, 0.4) is 0 Å². The molecular weight excluding hydrogens is 215 g/mol. The van der Waals surface area contributed by atoms with Crippen molar-refractivity contribution in [2.24, 2.45) is 5.73 Å². The lowest BCUT2D eigenvalue weighted by Gasteiger charge is -1.99. The first-order valence-corrected chi connectivity index (χ1v) is 5.26. The van der Waals surface area contributed by atoms with Crippen LogP contribution in [0.15, 0.2) is 18.3 Å². The first-order valence-electron chi connectivity index (χ1n) is 4.88. The summed E-state index contributed by atoms with van der Waals surface area (Å²) >= 11 is 5.95. The minimum absolute atomic E-state index is 0.234. The summed E-state index contributed by atoms with van der Waals surface area (Å²) in [4.78, 5) is 2.99. The topological polar surface area (TPSA) is 41.8 Å². The Kier molecular flexibility index (Phi) is 2.93. The molecule has 0 fully saturated rings. The van der Waals surface area contributed by atoms with Gasteiger partial charge in [0, 0.05) is 11.6 Å². The van der Waals surface area contributed by atoms with Crippen molar-refractivity contribution in [3.63, 3.8) is 0 Å². The summed E-state index contributed by atoms with van der Waals surface area (Å²) in [5.74, 6) is -0.234. The van der Waals surface area contributed by atoms with E-state index >= 15 is 0 Å². The molecule has 1 aromatic heterocycles. The molecule has 0 aliphatic carbocycles. The SMILES string of the molecule is NCCCc1c[nH]c2c(Cl)ccc(F)c12. The van der Waals surface area contributed by atoms with Gasteiger partial charge in [-0.2, -0.15) is 0 Å². The van der Waals surface area contributed by atoms with Crippen LogP contribution in [-0.2, 0) is 6.42 Å². The van der Waals surface area contributed by atoms with Crippen LogP contribution < -0.4 is 5.73 Å². The van der Waals surface area contributed by atoms with E-state index in [1.807, 2.05) is 0 Å². The van der Waals surface area contributed by atoms with Gasteiger partial charge in [0.15, 0.2) is 0 Å². The average Bonchev–Trinajstić information content (AvgIpc) is 2.65. The second kappa shape index (κ2) is 4.21. The predicted octanol–water partition coefficient (Wildman–Crippen LogP) is 2.85. The molecule has 0 unspecified atom stereocenters. The van der Waals surface area contributed by atoms with Crippen molar-refractivity contribution in [1.82, 2.24) is 4.98 Å². The van der Waals surface area contributed by atoms with E-state index < -0.39 is 0 Å². The van der Waals surface area contributed by atoms with Crippen LogP contribution in [0.1, 0.15) is 12.0 Å². The molecule has 2 rings (SSSR count). The molecule has 0 bridgehead atoms. The number of nitrogens with one attached hydrogen (secondary N) is 1. The maximum atomic E-state index is 13.6. The van der Waals surface area contributed by atoms with Crippen LogP contribution in [0.4, 0.5) is 4.39 Å². The van der Waals surface area contributed by atoms with Crippen LogP contribution in [-0.4, -0.2) is 11.5 Å². The Morgan fingerprint density at radius 1 is 1.40 bits per heavy atom. The number of aryl methyl sites for hydroxylation is 1. The summed E-state index contributed by atoms with van der Waals surface area (Å²) in [6.45, 7) is 0.606. The minimum Gasteiger partial charge on any atom is -0.360 e. The van der Waals surface area contributed by atoms with Crippen LogP contribution >= 0.6 is 11.6 Å². The Bertz CT molecular complexity index is 479. The van der Waals surface area contributed by atoms with Gasteiger partial charge in [-0.25, -0.2) is 4.39 Å². The molecule has 80 valence electrons. The number of hydrogen-bond donors (Lipinski definition) is 2. The maximum absolute atomic E-state index is 13.6. The lowest BCUT2D eigenvalue weighted by atomic mass is 10.1. The summed E-state index contributed by atoms with van der Waals surface area (Å²) in [5.41, 5.74) is 7.04. The highest BCUT2D eigenvalue weighted by Gasteiger charge is 2.10. The number of halogens is 2. The molecule has 15 heavy (non-hydrogen) atoms.